The maximum Gasteiger partial charge on any atom is 0.273 e. The molecule has 0 saturated carbocycles. The number of hydrazine groups is 1. The average Bonchev–Trinajstić information content (AvgIpc) is 2.75. The molecule has 3 rings (SSSR count). The van der Waals surface area contributed by atoms with Crippen molar-refractivity contribution >= 4 is 23.4 Å². The van der Waals surface area contributed by atoms with Gasteiger partial charge in [-0.25, -0.2) is 5.01 Å². The van der Waals surface area contributed by atoms with Crippen LogP contribution in [-0.2, 0) is 16.1 Å². The van der Waals surface area contributed by atoms with Crippen molar-refractivity contribution < 1.29 is 19.3 Å². The summed E-state index contributed by atoms with van der Waals surface area (Å²) in [5.41, 5.74) is 0.604. The first-order valence-corrected chi connectivity index (χ1v) is 6.44. The Morgan fingerprint density at radius 2 is 1.76 bits per heavy atom. The van der Waals surface area contributed by atoms with Crippen LogP contribution in [0.5, 0.6) is 0 Å². The summed E-state index contributed by atoms with van der Waals surface area (Å²) < 4.78 is 0. The summed E-state index contributed by atoms with van der Waals surface area (Å²) in [6, 6.07) is 3.89. The second kappa shape index (κ2) is 4.65. The highest BCUT2D eigenvalue weighted by atomic mass is 16.6. The van der Waals surface area contributed by atoms with E-state index in [1.807, 2.05) is 0 Å². The van der Waals surface area contributed by atoms with E-state index in [1.54, 1.807) is 0 Å². The molecule has 0 radical (unpaired) electrons. The van der Waals surface area contributed by atoms with Crippen molar-refractivity contribution in [3.05, 3.63) is 39.4 Å². The SMILES string of the molecule is O=C1c2ccc([N+](=O)[O-])cc2CN1N1C(=O)CCCC1=O. The van der Waals surface area contributed by atoms with Crippen molar-refractivity contribution in [3.8, 4) is 0 Å². The van der Waals surface area contributed by atoms with Crippen LogP contribution in [0, 0.1) is 10.1 Å². The van der Waals surface area contributed by atoms with Crippen LogP contribution in [0.25, 0.3) is 0 Å². The van der Waals surface area contributed by atoms with E-state index in [1.165, 1.54) is 18.2 Å². The molecule has 0 atom stereocenters. The highest BCUT2D eigenvalue weighted by Crippen LogP contribution is 2.29. The van der Waals surface area contributed by atoms with Gasteiger partial charge in [0.15, 0.2) is 0 Å². The van der Waals surface area contributed by atoms with Gasteiger partial charge in [0.1, 0.15) is 0 Å². The van der Waals surface area contributed by atoms with Crippen molar-refractivity contribution in [1.82, 2.24) is 10.0 Å². The van der Waals surface area contributed by atoms with Crippen LogP contribution in [0.3, 0.4) is 0 Å². The fraction of sp³-hybridized carbons (Fsp3) is 0.308. The summed E-state index contributed by atoms with van der Waals surface area (Å²) in [5.74, 6) is -1.31. The van der Waals surface area contributed by atoms with Crippen LogP contribution in [0.15, 0.2) is 18.2 Å². The van der Waals surface area contributed by atoms with Gasteiger partial charge in [-0.1, -0.05) is 0 Å². The second-order valence-electron chi connectivity index (χ2n) is 4.91. The van der Waals surface area contributed by atoms with Gasteiger partial charge in [-0.15, -0.1) is 0 Å². The number of benzene rings is 1. The molecule has 0 N–H and O–H groups in total. The van der Waals surface area contributed by atoms with Gasteiger partial charge in [-0.3, -0.25) is 24.5 Å². The minimum atomic E-state index is -0.551. The van der Waals surface area contributed by atoms with Gasteiger partial charge in [0.05, 0.1) is 11.5 Å². The lowest BCUT2D eigenvalue weighted by Gasteiger charge is -2.32. The lowest BCUT2D eigenvalue weighted by molar-refractivity contribution is -0.384. The molecule has 8 nitrogen and oxygen atoms in total. The minimum absolute atomic E-state index is 0.00662. The van der Waals surface area contributed by atoms with Crippen LogP contribution in [0.2, 0.25) is 0 Å². The van der Waals surface area contributed by atoms with Gasteiger partial charge >= 0.3 is 0 Å². The van der Waals surface area contributed by atoms with Crippen molar-refractivity contribution in [1.29, 1.82) is 0 Å². The highest BCUT2D eigenvalue weighted by molar-refractivity contribution is 6.04. The summed E-state index contributed by atoms with van der Waals surface area (Å²) >= 11 is 0. The molecule has 0 aromatic heterocycles. The Balaban J connectivity index is 1.94. The molecule has 2 heterocycles. The van der Waals surface area contributed by atoms with E-state index in [-0.39, 0.29) is 30.6 Å². The molecule has 3 amide bonds. The van der Waals surface area contributed by atoms with Gasteiger partial charge < -0.3 is 0 Å². The smallest absolute Gasteiger partial charge is 0.273 e. The summed E-state index contributed by atoms with van der Waals surface area (Å²) in [5, 5.41) is 12.7. The number of fused-ring (bicyclic) bond motifs is 1. The fourth-order valence-corrected chi connectivity index (χ4v) is 2.58. The van der Waals surface area contributed by atoms with E-state index < -0.39 is 22.6 Å². The van der Waals surface area contributed by atoms with E-state index in [0.717, 1.165) is 10.0 Å². The number of non-ortho nitro benzene ring substituents is 1. The number of hydrogen-bond donors (Lipinski definition) is 0. The Labute approximate surface area is 119 Å². The molecule has 1 saturated heterocycles. The van der Waals surface area contributed by atoms with Crippen molar-refractivity contribution in [2.24, 2.45) is 0 Å². The van der Waals surface area contributed by atoms with Crippen molar-refractivity contribution in [2.75, 3.05) is 0 Å². The monoisotopic (exact) mass is 289 g/mol. The first-order chi connectivity index (χ1) is 9.99. The Hall–Kier alpha value is -2.77. The van der Waals surface area contributed by atoms with Crippen LogP contribution < -0.4 is 0 Å². The number of nitrogens with zero attached hydrogens (tertiary/aromatic N) is 3. The summed E-state index contributed by atoms with van der Waals surface area (Å²) in [6.07, 6.45) is 0.909. The highest BCUT2D eigenvalue weighted by Gasteiger charge is 2.39. The third-order valence-electron chi connectivity index (χ3n) is 3.58. The number of piperidine rings is 1. The number of carbonyl (C=O) groups is 3. The maximum absolute atomic E-state index is 12.3. The number of nitro groups is 1. The first-order valence-electron chi connectivity index (χ1n) is 6.44. The average molecular weight is 289 g/mol. The van der Waals surface area contributed by atoms with Crippen molar-refractivity contribution in [2.45, 2.75) is 25.8 Å². The van der Waals surface area contributed by atoms with Crippen LogP contribution in [0.1, 0.15) is 35.2 Å². The predicted molar refractivity (Wildman–Crippen MR) is 68.7 cm³/mol. The normalized spacial score (nSPS) is 18.2. The molecule has 108 valence electrons. The zero-order chi connectivity index (χ0) is 15.1. The molecule has 2 aliphatic rings. The van der Waals surface area contributed by atoms with E-state index in [0.29, 0.717) is 12.0 Å². The number of carbonyl (C=O) groups excluding carboxylic acids is 3. The fourth-order valence-electron chi connectivity index (χ4n) is 2.58. The maximum atomic E-state index is 12.3. The molecular weight excluding hydrogens is 278 g/mol. The third kappa shape index (κ3) is 2.04. The van der Waals surface area contributed by atoms with Gasteiger partial charge in [0.25, 0.3) is 11.6 Å². The van der Waals surface area contributed by atoms with E-state index >= 15 is 0 Å². The molecule has 0 bridgehead atoms. The Bertz CT molecular complexity index is 668. The summed E-state index contributed by atoms with van der Waals surface area (Å²) in [4.78, 5) is 46.2. The van der Waals surface area contributed by atoms with Gasteiger partial charge in [0, 0.05) is 30.5 Å². The summed E-state index contributed by atoms with van der Waals surface area (Å²) in [7, 11) is 0. The third-order valence-corrected chi connectivity index (χ3v) is 3.58. The second-order valence-corrected chi connectivity index (χ2v) is 4.91. The Morgan fingerprint density at radius 3 is 2.38 bits per heavy atom. The molecule has 2 aliphatic heterocycles. The van der Waals surface area contributed by atoms with E-state index in [2.05, 4.69) is 0 Å². The molecule has 0 unspecified atom stereocenters. The number of rotatable bonds is 2. The molecule has 0 spiro atoms. The molecule has 1 aromatic rings. The predicted octanol–water partition coefficient (Wildman–Crippen LogP) is 1.00. The van der Waals surface area contributed by atoms with Crippen LogP contribution in [-0.4, -0.2) is 32.7 Å². The van der Waals surface area contributed by atoms with Crippen LogP contribution >= 0.6 is 0 Å². The zero-order valence-electron chi connectivity index (χ0n) is 10.9. The number of nitro benzene ring substituents is 1. The van der Waals surface area contributed by atoms with Gasteiger partial charge in [-0.2, -0.15) is 5.01 Å². The zero-order valence-corrected chi connectivity index (χ0v) is 10.9. The lowest BCUT2D eigenvalue weighted by atomic mass is 10.1. The molecule has 0 aliphatic carbocycles. The standard InChI is InChI=1S/C13H11N3O5/c17-11-2-1-3-12(18)15(11)14-7-8-6-9(16(20)21)4-5-10(8)13(14)19/h4-6H,1-3,7H2. The molecule has 1 aromatic carbocycles. The molecule has 21 heavy (non-hydrogen) atoms. The van der Waals surface area contributed by atoms with E-state index in [4.69, 9.17) is 0 Å². The topological polar surface area (TPSA) is 101 Å². The van der Waals surface area contributed by atoms with Gasteiger partial charge in [0.2, 0.25) is 11.8 Å². The number of imide groups is 1. The quantitative estimate of drug-likeness (QED) is 0.459. The Morgan fingerprint density at radius 1 is 1.10 bits per heavy atom. The van der Waals surface area contributed by atoms with Crippen LogP contribution in [0.4, 0.5) is 5.69 Å². The van der Waals surface area contributed by atoms with Gasteiger partial charge in [-0.05, 0) is 18.1 Å². The molecule has 1 fully saturated rings. The largest absolute Gasteiger partial charge is 0.273 e. The molecular formula is C13H11N3O5. The summed E-state index contributed by atoms with van der Waals surface area (Å²) in [6.45, 7) is -0.00662. The van der Waals surface area contributed by atoms with E-state index in [9.17, 15) is 24.5 Å². The van der Waals surface area contributed by atoms with Crippen molar-refractivity contribution in [3.63, 3.8) is 0 Å². The minimum Gasteiger partial charge on any atom is -0.273 e. The molecule has 8 heteroatoms. The first kappa shape index (κ1) is 13.2. The number of hydrogen-bond acceptors (Lipinski definition) is 5. The lowest BCUT2D eigenvalue weighted by Crippen LogP contribution is -2.51. The number of amides is 3. The Kier molecular flexibility index (Phi) is 2.93.